The Morgan fingerprint density at radius 1 is 0.947 bits per heavy atom. The highest BCUT2D eigenvalue weighted by Gasteiger charge is 2.36. The molecule has 0 spiro atoms. The van der Waals surface area contributed by atoms with E-state index in [1.165, 1.54) is 0 Å². The zero-order valence-electron chi connectivity index (χ0n) is 21.7. The number of fused-ring (bicyclic) bond motifs is 4. The topological polar surface area (TPSA) is 65.3 Å². The van der Waals surface area contributed by atoms with E-state index in [2.05, 4.69) is 29.5 Å². The van der Waals surface area contributed by atoms with Crippen molar-refractivity contribution in [3.8, 4) is 17.2 Å². The van der Waals surface area contributed by atoms with E-state index >= 15 is 0 Å². The summed E-state index contributed by atoms with van der Waals surface area (Å²) in [6, 6.07) is 23.6. The fourth-order valence-corrected chi connectivity index (χ4v) is 5.31. The lowest BCUT2D eigenvalue weighted by molar-refractivity contribution is -0.135. The highest BCUT2D eigenvalue weighted by molar-refractivity contribution is 5.84. The molecular formula is C31H29N3O4. The molecule has 0 saturated carbocycles. The molecule has 1 unspecified atom stereocenters. The molecule has 0 fully saturated rings. The number of aromatic nitrogens is 2. The van der Waals surface area contributed by atoms with Gasteiger partial charge in [-0.05, 0) is 65.2 Å². The minimum Gasteiger partial charge on any atom is -0.493 e. The lowest BCUT2D eigenvalue weighted by Crippen LogP contribution is -2.43. The van der Waals surface area contributed by atoms with Crippen molar-refractivity contribution in [2.45, 2.75) is 19.4 Å². The summed E-state index contributed by atoms with van der Waals surface area (Å²) >= 11 is 0. The third-order valence-electron chi connectivity index (χ3n) is 7.18. The molecule has 7 heteroatoms. The third-order valence-corrected chi connectivity index (χ3v) is 7.18. The van der Waals surface area contributed by atoms with Gasteiger partial charge < -0.3 is 23.5 Å². The molecule has 6 rings (SSSR count). The first-order valence-corrected chi connectivity index (χ1v) is 12.7. The van der Waals surface area contributed by atoms with E-state index in [1.54, 1.807) is 14.2 Å². The van der Waals surface area contributed by atoms with Gasteiger partial charge in [0.1, 0.15) is 11.4 Å². The van der Waals surface area contributed by atoms with Gasteiger partial charge in [0.15, 0.2) is 18.1 Å². The molecule has 0 bridgehead atoms. The number of carbonyl (C=O) groups excluding carboxylic acids is 1. The van der Waals surface area contributed by atoms with E-state index in [4.69, 9.17) is 19.2 Å². The van der Waals surface area contributed by atoms with E-state index in [0.717, 1.165) is 38.9 Å². The van der Waals surface area contributed by atoms with Crippen molar-refractivity contribution < 1.29 is 19.0 Å². The predicted molar refractivity (Wildman–Crippen MR) is 146 cm³/mol. The van der Waals surface area contributed by atoms with Crippen molar-refractivity contribution in [2.24, 2.45) is 0 Å². The maximum Gasteiger partial charge on any atom is 0.261 e. The molecule has 0 saturated heterocycles. The predicted octanol–water partition coefficient (Wildman–Crippen LogP) is 5.37. The van der Waals surface area contributed by atoms with Crippen LogP contribution in [0.25, 0.3) is 16.4 Å². The number of benzene rings is 3. The molecule has 3 aromatic carbocycles. The number of hydrogen-bond acceptors (Lipinski definition) is 5. The van der Waals surface area contributed by atoms with Gasteiger partial charge in [-0.3, -0.25) is 4.79 Å². The van der Waals surface area contributed by atoms with Crippen LogP contribution in [0.5, 0.6) is 17.2 Å². The van der Waals surface area contributed by atoms with Gasteiger partial charge in [-0.1, -0.05) is 36.4 Å². The molecule has 1 amide bonds. The number of amides is 1. The lowest BCUT2D eigenvalue weighted by Gasteiger charge is -2.36. The zero-order chi connectivity index (χ0) is 26.2. The molecule has 0 aliphatic carbocycles. The number of aryl methyl sites for hydroxylation is 1. The Balaban J connectivity index is 1.37. The van der Waals surface area contributed by atoms with Crippen LogP contribution in [0.2, 0.25) is 0 Å². The Morgan fingerprint density at radius 3 is 2.58 bits per heavy atom. The molecule has 2 aromatic heterocycles. The standard InChI is InChI=1S/C31H29N3O4/c1-20-12-14-33-28(16-20)32-25-13-15-34(30(31(25)33)23-9-11-26(36-2)27(18-23)37-3)29(35)19-38-24-10-8-21-6-4-5-7-22(21)17-24/h4-12,14,16-18,30H,13,15,19H2,1-3H3. The molecule has 1 aliphatic heterocycles. The second kappa shape index (κ2) is 9.74. The van der Waals surface area contributed by atoms with Crippen LogP contribution in [-0.4, -0.2) is 47.6 Å². The minimum absolute atomic E-state index is 0.0622. The fraction of sp³-hybridized carbons (Fsp3) is 0.226. The fourth-order valence-electron chi connectivity index (χ4n) is 5.31. The number of rotatable bonds is 6. The first-order chi connectivity index (χ1) is 18.6. The summed E-state index contributed by atoms with van der Waals surface area (Å²) in [5.41, 5.74) is 4.92. The molecule has 3 heterocycles. The molecule has 192 valence electrons. The normalized spacial score (nSPS) is 14.9. The van der Waals surface area contributed by atoms with E-state index < -0.39 is 0 Å². The number of methoxy groups -OCH3 is 2. The molecule has 7 nitrogen and oxygen atoms in total. The smallest absolute Gasteiger partial charge is 0.261 e. The Hall–Kier alpha value is -4.52. The number of nitrogens with zero attached hydrogens (tertiary/aromatic N) is 3. The summed E-state index contributed by atoms with van der Waals surface area (Å²) in [6.45, 7) is 2.53. The summed E-state index contributed by atoms with van der Waals surface area (Å²) in [4.78, 5) is 20.5. The molecule has 38 heavy (non-hydrogen) atoms. The summed E-state index contributed by atoms with van der Waals surface area (Å²) in [5.74, 6) is 1.83. The number of hydrogen-bond donors (Lipinski definition) is 0. The van der Waals surface area contributed by atoms with Gasteiger partial charge in [-0.15, -0.1) is 0 Å². The van der Waals surface area contributed by atoms with Crippen LogP contribution in [0.1, 0.15) is 28.6 Å². The van der Waals surface area contributed by atoms with Crippen molar-refractivity contribution in [1.82, 2.24) is 14.3 Å². The monoisotopic (exact) mass is 507 g/mol. The summed E-state index contributed by atoms with van der Waals surface area (Å²) in [6.07, 6.45) is 2.70. The molecule has 0 radical (unpaired) electrons. The van der Waals surface area contributed by atoms with Gasteiger partial charge in [-0.2, -0.15) is 0 Å². The maximum absolute atomic E-state index is 13.7. The van der Waals surface area contributed by atoms with Gasteiger partial charge >= 0.3 is 0 Å². The van der Waals surface area contributed by atoms with E-state index in [1.807, 2.05) is 65.7 Å². The van der Waals surface area contributed by atoms with Crippen LogP contribution in [0, 0.1) is 6.92 Å². The Labute approximate surface area is 221 Å². The SMILES string of the molecule is COc1ccc(C2c3c(nc4cc(C)ccn34)CCN2C(=O)COc2ccc3ccccc3c2)cc1OC. The highest BCUT2D eigenvalue weighted by atomic mass is 16.5. The van der Waals surface area contributed by atoms with E-state index in [0.29, 0.717) is 30.2 Å². The van der Waals surface area contributed by atoms with E-state index in [-0.39, 0.29) is 18.6 Å². The van der Waals surface area contributed by atoms with Gasteiger partial charge in [-0.25, -0.2) is 4.98 Å². The Kier molecular flexibility index (Phi) is 6.12. The van der Waals surface area contributed by atoms with Gasteiger partial charge in [0.25, 0.3) is 5.91 Å². The van der Waals surface area contributed by atoms with Crippen molar-refractivity contribution in [1.29, 1.82) is 0 Å². The number of imidazole rings is 1. The summed E-state index contributed by atoms with van der Waals surface area (Å²) in [7, 11) is 3.23. The van der Waals surface area contributed by atoms with Gasteiger partial charge in [0.05, 0.1) is 31.6 Å². The van der Waals surface area contributed by atoms with Crippen LogP contribution < -0.4 is 14.2 Å². The largest absolute Gasteiger partial charge is 0.493 e. The van der Waals surface area contributed by atoms with Gasteiger partial charge in [0, 0.05) is 19.2 Å². The highest BCUT2D eigenvalue weighted by Crippen LogP contribution is 2.39. The molecule has 0 N–H and O–H groups in total. The van der Waals surface area contributed by atoms with Crippen LogP contribution in [0.3, 0.4) is 0 Å². The van der Waals surface area contributed by atoms with Crippen LogP contribution in [0.15, 0.2) is 79.0 Å². The van der Waals surface area contributed by atoms with E-state index in [9.17, 15) is 4.79 Å². The summed E-state index contributed by atoms with van der Waals surface area (Å²) < 4.78 is 19.2. The maximum atomic E-state index is 13.7. The average Bonchev–Trinajstić information content (AvgIpc) is 3.32. The molecule has 1 aliphatic rings. The Morgan fingerprint density at radius 2 is 1.76 bits per heavy atom. The quantitative estimate of drug-likeness (QED) is 0.309. The van der Waals surface area contributed by atoms with Crippen molar-refractivity contribution in [3.05, 3.63) is 102 Å². The average molecular weight is 508 g/mol. The lowest BCUT2D eigenvalue weighted by atomic mass is 9.95. The number of ether oxygens (including phenoxy) is 3. The minimum atomic E-state index is -0.357. The number of carbonyl (C=O) groups is 1. The summed E-state index contributed by atoms with van der Waals surface area (Å²) in [5, 5.41) is 2.20. The van der Waals surface area contributed by atoms with Gasteiger partial charge in [0.2, 0.25) is 0 Å². The second-order valence-electron chi connectivity index (χ2n) is 9.53. The first kappa shape index (κ1) is 23.9. The van der Waals surface area contributed by atoms with Crippen molar-refractivity contribution in [3.63, 3.8) is 0 Å². The first-order valence-electron chi connectivity index (χ1n) is 12.7. The zero-order valence-corrected chi connectivity index (χ0v) is 21.7. The molecule has 1 atom stereocenters. The second-order valence-corrected chi connectivity index (χ2v) is 9.53. The number of pyridine rings is 1. The van der Waals surface area contributed by atoms with Crippen molar-refractivity contribution in [2.75, 3.05) is 27.4 Å². The van der Waals surface area contributed by atoms with Crippen molar-refractivity contribution >= 4 is 22.3 Å². The third kappa shape index (κ3) is 4.20. The van der Waals surface area contributed by atoms with Crippen LogP contribution >= 0.6 is 0 Å². The van der Waals surface area contributed by atoms with Crippen LogP contribution in [0.4, 0.5) is 0 Å². The van der Waals surface area contributed by atoms with Crippen LogP contribution in [-0.2, 0) is 11.2 Å². The Bertz CT molecular complexity index is 1660. The molecule has 5 aromatic rings. The molecular weight excluding hydrogens is 478 g/mol.